The highest BCUT2D eigenvalue weighted by molar-refractivity contribution is 7.72. The average Bonchev–Trinajstić information content (AvgIpc) is 4.13. The summed E-state index contributed by atoms with van der Waals surface area (Å²) in [5, 5.41) is 10.4. The highest BCUT2D eigenvalue weighted by Gasteiger charge is 2.51. The Kier molecular flexibility index (Phi) is 18.4. The maximum atomic E-state index is 14.0. The van der Waals surface area contributed by atoms with Crippen LogP contribution in [0, 0.1) is 0 Å². The quantitative estimate of drug-likeness (QED) is 0.0782. The number of aromatic amines is 1. The number of aliphatic hydroxyl groups excluding tert-OH is 1. The molecule has 5 saturated heterocycles. The number of fused-ring (bicyclic) bond motifs is 1. The van der Waals surface area contributed by atoms with E-state index in [-0.39, 0.29) is 67.8 Å². The largest absolute Gasteiger partial charge is 0.490 e. The van der Waals surface area contributed by atoms with Crippen LogP contribution in [0.15, 0.2) is 11.1 Å². The van der Waals surface area contributed by atoms with Crippen LogP contribution in [0.1, 0.15) is 83.8 Å². The predicted molar refractivity (Wildman–Crippen MR) is 247 cm³/mol. The zero-order chi connectivity index (χ0) is 55.1. The molecule has 10 N–H and O–H groups in total. The van der Waals surface area contributed by atoms with E-state index in [9.17, 15) is 85.8 Å². The van der Waals surface area contributed by atoms with Crippen molar-refractivity contribution >= 4 is 87.7 Å². The summed E-state index contributed by atoms with van der Waals surface area (Å²) in [6, 6.07) is -2.39. The van der Waals surface area contributed by atoms with Gasteiger partial charge in [0.2, 0.25) is 29.6 Å². The maximum absolute atomic E-state index is 14.0. The molecule has 2 aromatic rings. The number of imidazole rings is 1. The minimum Gasteiger partial charge on any atom is -0.390 e. The zero-order valence-electron chi connectivity index (χ0n) is 39.4. The van der Waals surface area contributed by atoms with Gasteiger partial charge in [-0.1, -0.05) is 6.92 Å². The molecule has 0 saturated carbocycles. The van der Waals surface area contributed by atoms with Crippen LogP contribution >= 0.6 is 46.9 Å². The molecule has 5 aliphatic rings. The molecule has 0 aromatic carbocycles. The molecule has 41 heteroatoms. The van der Waals surface area contributed by atoms with Crippen molar-refractivity contribution in [1.29, 1.82) is 0 Å². The van der Waals surface area contributed by atoms with Gasteiger partial charge < -0.3 is 64.5 Å². The summed E-state index contributed by atoms with van der Waals surface area (Å²) in [5.74, 6) is -1.58. The molecule has 0 spiro atoms. The summed E-state index contributed by atoms with van der Waals surface area (Å²) in [6.45, 7) is 1.52. The summed E-state index contributed by atoms with van der Waals surface area (Å²) in [6.07, 6.45) is -1.17. The fourth-order valence-electron chi connectivity index (χ4n) is 9.33. The lowest BCUT2D eigenvalue weighted by molar-refractivity contribution is -0.152. The van der Waals surface area contributed by atoms with Crippen LogP contribution < -0.4 is 11.3 Å². The van der Waals surface area contributed by atoms with Crippen LogP contribution in [-0.2, 0) is 81.9 Å². The van der Waals surface area contributed by atoms with Crippen molar-refractivity contribution in [2.45, 2.75) is 120 Å². The number of hydrogen-bond acceptors (Lipinski definition) is 23. The molecule has 0 aliphatic carbocycles. The monoisotopic (exact) mass is 1190 g/mol. The van der Waals surface area contributed by atoms with Crippen molar-refractivity contribution in [3.05, 3.63) is 16.7 Å². The Balaban J connectivity index is 0.851. The molecule has 2 aromatic heterocycles. The molecule has 35 nitrogen and oxygen atoms in total. The maximum Gasteiger partial charge on any atom is 0.490 e. The van der Waals surface area contributed by atoms with E-state index in [4.69, 9.17) is 15.0 Å². The number of nitrogens with one attached hydrogen (secondary N) is 1. The molecule has 75 heavy (non-hydrogen) atoms. The Morgan fingerprint density at radius 1 is 0.707 bits per heavy atom. The molecule has 5 aliphatic heterocycles. The molecule has 12 atom stereocenters. The molecule has 5 fully saturated rings. The van der Waals surface area contributed by atoms with Gasteiger partial charge in [-0.25, -0.2) is 32.4 Å². The third-order valence-electron chi connectivity index (χ3n) is 12.4. The Bertz CT molecular complexity index is 2870. The lowest BCUT2D eigenvalue weighted by atomic mass is 10.1. The number of carbonyl (C=O) groups is 4. The number of carbonyl (C=O) groups excluding carboxylic acids is 4. The Labute approximate surface area is 424 Å². The normalized spacial score (nSPS) is 28.6. The number of nitrogens with zero attached hydrogens (tertiary/aromatic N) is 7. The molecule has 7 heterocycles. The highest BCUT2D eigenvalue weighted by Crippen LogP contribution is 2.75. The van der Waals surface area contributed by atoms with Gasteiger partial charge >= 0.3 is 46.9 Å². The predicted octanol–water partition coefficient (Wildman–Crippen LogP) is 0.833. The van der Waals surface area contributed by atoms with E-state index in [1.807, 2.05) is 6.92 Å². The SMILES string of the molecule is CCCC(=O)N1CCC[C@H]1C(=O)N1CCC[C@H]1C(=O)N1CCC[C@H]1C(=O)N1CCC(OP(=O)(O)OP(=O)(O)OP(=O)(O)OP(=O)(O)OP(=O)(O)OP(=O)(O)OC[C@H]2O[C@@H](n3cnc4c(=O)[nH]c(N)nc43)C[C@H]2O)CC1. The molecule has 0 radical (unpaired) electrons. The number of nitrogens with two attached hydrogens (primary N) is 1. The average molecular weight is 1190 g/mol. The van der Waals surface area contributed by atoms with E-state index in [1.165, 1.54) is 19.3 Å². The van der Waals surface area contributed by atoms with Crippen LogP contribution in [0.5, 0.6) is 0 Å². The van der Waals surface area contributed by atoms with Gasteiger partial charge in [-0.05, 0) is 57.8 Å². The highest BCUT2D eigenvalue weighted by atomic mass is 31.3. The number of hydrogen-bond donors (Lipinski definition) is 9. The molecular weight excluding hydrogens is 1140 g/mol. The van der Waals surface area contributed by atoms with Gasteiger partial charge in [-0.3, -0.25) is 42.6 Å². The van der Waals surface area contributed by atoms with Crippen LogP contribution in [0.2, 0.25) is 0 Å². The number of aliphatic hydroxyl groups is 1. The second-order valence-corrected chi connectivity index (χ2v) is 27.1. The number of nitrogen functional groups attached to an aromatic ring is 1. The third kappa shape index (κ3) is 14.9. The first-order valence-corrected chi connectivity index (χ1v) is 32.0. The number of rotatable bonds is 21. The van der Waals surface area contributed by atoms with Gasteiger partial charge in [0.25, 0.3) is 5.56 Å². The number of H-pyrrole nitrogens is 1. The zero-order valence-corrected chi connectivity index (χ0v) is 44.8. The summed E-state index contributed by atoms with van der Waals surface area (Å²) in [7, 11) is -37.6. The number of piperidine rings is 1. The Hall–Kier alpha value is -3.19. The molecule has 422 valence electrons. The van der Waals surface area contributed by atoms with Gasteiger partial charge in [0.15, 0.2) is 11.2 Å². The summed E-state index contributed by atoms with van der Waals surface area (Å²) in [4.78, 5) is 142. The van der Waals surface area contributed by atoms with E-state index in [0.717, 1.165) is 6.33 Å². The second kappa shape index (κ2) is 23.3. The number of ether oxygens (including phenoxy) is 1. The smallest absolute Gasteiger partial charge is 0.390 e. The lowest BCUT2D eigenvalue weighted by Crippen LogP contribution is -2.56. The molecular formula is C34H55N9O26P6. The summed E-state index contributed by atoms with van der Waals surface area (Å²) >= 11 is 0. The lowest BCUT2D eigenvalue weighted by Gasteiger charge is -2.37. The minimum absolute atomic E-state index is 0.0714. The second-order valence-electron chi connectivity index (χ2n) is 17.7. The minimum atomic E-state index is -6.57. The Morgan fingerprint density at radius 3 is 1.72 bits per heavy atom. The first-order valence-electron chi connectivity index (χ1n) is 23.0. The van der Waals surface area contributed by atoms with Gasteiger partial charge in [0.05, 0.1) is 25.1 Å². The van der Waals surface area contributed by atoms with Crippen LogP contribution in [0.25, 0.3) is 11.2 Å². The van der Waals surface area contributed by atoms with Gasteiger partial charge in [-0.15, -0.1) is 0 Å². The first kappa shape index (κ1) is 59.5. The summed E-state index contributed by atoms with van der Waals surface area (Å²) < 4.78 is 110. The van der Waals surface area contributed by atoms with Crippen molar-refractivity contribution in [1.82, 2.24) is 39.1 Å². The fourth-order valence-corrected chi connectivity index (χ4v) is 17.4. The van der Waals surface area contributed by atoms with Crippen molar-refractivity contribution in [2.24, 2.45) is 0 Å². The van der Waals surface area contributed by atoms with Crippen molar-refractivity contribution < 1.29 is 116 Å². The van der Waals surface area contributed by atoms with Gasteiger partial charge in [0, 0.05) is 45.6 Å². The molecule has 4 amide bonds. The van der Waals surface area contributed by atoms with E-state index in [2.05, 4.69) is 41.0 Å². The molecule has 6 unspecified atom stereocenters. The van der Waals surface area contributed by atoms with Crippen LogP contribution in [-0.4, -0.2) is 173 Å². The van der Waals surface area contributed by atoms with E-state index < -0.39 is 114 Å². The number of anilines is 1. The van der Waals surface area contributed by atoms with Crippen molar-refractivity contribution in [2.75, 3.05) is 45.1 Å². The number of amides is 4. The van der Waals surface area contributed by atoms with Crippen LogP contribution in [0.3, 0.4) is 0 Å². The molecule has 7 rings (SSSR count). The van der Waals surface area contributed by atoms with Gasteiger partial charge in [-0.2, -0.15) is 26.5 Å². The number of aromatic nitrogens is 4. The van der Waals surface area contributed by atoms with Crippen molar-refractivity contribution in [3.63, 3.8) is 0 Å². The van der Waals surface area contributed by atoms with Gasteiger partial charge in [0.1, 0.15) is 30.5 Å². The van der Waals surface area contributed by atoms with Crippen LogP contribution in [0.4, 0.5) is 5.95 Å². The van der Waals surface area contributed by atoms with E-state index in [0.29, 0.717) is 64.5 Å². The van der Waals surface area contributed by atoms with Crippen molar-refractivity contribution in [3.8, 4) is 0 Å². The first-order chi connectivity index (χ1) is 34.9. The molecule has 0 bridgehead atoms. The fraction of sp³-hybridized carbons (Fsp3) is 0.735. The Morgan fingerprint density at radius 2 is 1.19 bits per heavy atom. The summed E-state index contributed by atoms with van der Waals surface area (Å²) in [5.41, 5.74) is 4.63. The number of likely N-dealkylation sites (tertiary alicyclic amines) is 4. The number of phosphoric acid groups is 6. The van der Waals surface area contributed by atoms with E-state index >= 15 is 0 Å². The van der Waals surface area contributed by atoms with E-state index in [1.54, 1.807) is 4.90 Å². The topological polar surface area (TPSA) is 489 Å². The third-order valence-corrected chi connectivity index (χ3v) is 21.7. The standard InChI is InChI=1S/C34H55N9O26P6/c1-2-6-26(45)40-12-3-8-22(40)32(48)42-14-5-9-23(42)33(49)41-13-4-7-21(41)31(47)39-15-10-20(11-16-39)64-71(52,53)66-73(56,57)68-75(60,61)69-74(58,59)67-72(54,55)65-70(50,51)62-18-25-24(44)17-27(63-25)43-19-36-28-29(43)37-34(35)38-30(28)46/h19-25,27,44H,2-18H2,1H3,(H,50,51)(H,52,53)(H,54,55)(H,56,57)(H,58,59)(H,60,61)(H3,35,37,38,46)/t21-,22-,23-,24+,25+,27+/m0/s1. The number of phosphoric ester groups is 2.